The highest BCUT2D eigenvalue weighted by atomic mass is 14.8. The second-order valence-corrected chi connectivity index (χ2v) is 6.73. The highest BCUT2D eigenvalue weighted by Crippen LogP contribution is 2.43. The predicted molar refractivity (Wildman–Crippen MR) is 79.9 cm³/mol. The zero-order valence-electron chi connectivity index (χ0n) is 11.8. The van der Waals surface area contributed by atoms with E-state index >= 15 is 0 Å². The average Bonchev–Trinajstić information content (AvgIpc) is 2.42. The van der Waals surface area contributed by atoms with Crippen molar-refractivity contribution in [2.75, 3.05) is 0 Å². The SMILES string of the molecule is CC1(C)CCC(N)(c2ccc3ncccc3c2)CC1. The van der Waals surface area contributed by atoms with E-state index in [4.69, 9.17) is 5.73 Å². The van der Waals surface area contributed by atoms with E-state index in [2.05, 4.69) is 43.1 Å². The van der Waals surface area contributed by atoms with Gasteiger partial charge in [-0.2, -0.15) is 0 Å². The molecule has 3 rings (SSSR count). The zero-order chi connectivity index (χ0) is 13.5. The second-order valence-electron chi connectivity index (χ2n) is 6.73. The summed E-state index contributed by atoms with van der Waals surface area (Å²) in [6.07, 6.45) is 6.39. The van der Waals surface area contributed by atoms with Crippen molar-refractivity contribution in [3.63, 3.8) is 0 Å². The first-order valence-electron chi connectivity index (χ1n) is 7.13. The fraction of sp³-hybridized carbons (Fsp3) is 0.471. The smallest absolute Gasteiger partial charge is 0.0702 e. The topological polar surface area (TPSA) is 38.9 Å². The maximum absolute atomic E-state index is 6.67. The molecule has 1 aromatic heterocycles. The Morgan fingerprint density at radius 1 is 1.05 bits per heavy atom. The predicted octanol–water partition coefficient (Wildman–Crippen LogP) is 3.99. The van der Waals surface area contributed by atoms with E-state index < -0.39 is 0 Å². The molecule has 100 valence electrons. The summed E-state index contributed by atoms with van der Waals surface area (Å²) in [6, 6.07) is 10.6. The molecule has 2 heteroatoms. The Morgan fingerprint density at radius 2 is 1.79 bits per heavy atom. The maximum Gasteiger partial charge on any atom is 0.0702 e. The Labute approximate surface area is 115 Å². The Balaban J connectivity index is 1.95. The molecule has 1 aliphatic carbocycles. The molecule has 0 spiro atoms. The lowest BCUT2D eigenvalue weighted by Crippen LogP contribution is -2.42. The van der Waals surface area contributed by atoms with Gasteiger partial charge in [0.2, 0.25) is 0 Å². The third kappa shape index (κ3) is 2.37. The lowest BCUT2D eigenvalue weighted by molar-refractivity contribution is 0.165. The van der Waals surface area contributed by atoms with Crippen LogP contribution in [0.5, 0.6) is 0 Å². The molecular formula is C17H22N2. The van der Waals surface area contributed by atoms with Crippen molar-refractivity contribution in [1.29, 1.82) is 0 Å². The molecule has 19 heavy (non-hydrogen) atoms. The second kappa shape index (κ2) is 4.31. The van der Waals surface area contributed by atoms with Crippen molar-refractivity contribution in [2.24, 2.45) is 11.1 Å². The number of rotatable bonds is 1. The minimum Gasteiger partial charge on any atom is -0.321 e. The first-order chi connectivity index (χ1) is 8.99. The molecule has 0 aliphatic heterocycles. The van der Waals surface area contributed by atoms with E-state index in [1.807, 2.05) is 12.3 Å². The number of aromatic nitrogens is 1. The summed E-state index contributed by atoms with van der Waals surface area (Å²) in [7, 11) is 0. The molecule has 1 heterocycles. The minimum absolute atomic E-state index is 0.153. The molecule has 2 nitrogen and oxygen atoms in total. The van der Waals surface area contributed by atoms with Crippen molar-refractivity contribution in [2.45, 2.75) is 45.1 Å². The third-order valence-corrected chi connectivity index (χ3v) is 4.67. The fourth-order valence-electron chi connectivity index (χ4n) is 3.05. The molecule has 1 fully saturated rings. The normalized spacial score (nSPS) is 21.4. The van der Waals surface area contributed by atoms with E-state index in [1.165, 1.54) is 23.8 Å². The van der Waals surface area contributed by atoms with Gasteiger partial charge >= 0.3 is 0 Å². The van der Waals surface area contributed by atoms with Crippen LogP contribution in [0.25, 0.3) is 10.9 Å². The van der Waals surface area contributed by atoms with Gasteiger partial charge in [0.05, 0.1) is 5.52 Å². The van der Waals surface area contributed by atoms with Crippen molar-refractivity contribution in [1.82, 2.24) is 4.98 Å². The van der Waals surface area contributed by atoms with Crippen molar-refractivity contribution in [3.8, 4) is 0 Å². The van der Waals surface area contributed by atoms with Gasteiger partial charge in [-0.25, -0.2) is 0 Å². The Kier molecular flexibility index (Phi) is 2.86. The van der Waals surface area contributed by atoms with E-state index in [-0.39, 0.29) is 5.54 Å². The molecule has 0 unspecified atom stereocenters. The third-order valence-electron chi connectivity index (χ3n) is 4.67. The van der Waals surface area contributed by atoms with Gasteiger partial charge < -0.3 is 5.73 Å². The Bertz CT molecular complexity index is 591. The molecule has 1 aromatic carbocycles. The van der Waals surface area contributed by atoms with Crippen LogP contribution in [0.3, 0.4) is 0 Å². The first-order valence-corrected chi connectivity index (χ1v) is 7.13. The highest BCUT2D eigenvalue weighted by molar-refractivity contribution is 5.79. The number of pyridine rings is 1. The van der Waals surface area contributed by atoms with E-state index in [9.17, 15) is 0 Å². The monoisotopic (exact) mass is 254 g/mol. The molecule has 2 aromatic rings. The summed E-state index contributed by atoms with van der Waals surface area (Å²) >= 11 is 0. The van der Waals surface area contributed by atoms with Crippen LogP contribution in [0.1, 0.15) is 45.1 Å². The number of nitrogens with two attached hydrogens (primary N) is 1. The average molecular weight is 254 g/mol. The van der Waals surface area contributed by atoms with Gasteiger partial charge in [-0.05, 0) is 54.9 Å². The summed E-state index contributed by atoms with van der Waals surface area (Å²) in [5, 5.41) is 1.19. The van der Waals surface area contributed by atoms with Crippen LogP contribution in [0.15, 0.2) is 36.5 Å². The van der Waals surface area contributed by atoms with E-state index in [1.54, 1.807) is 0 Å². The minimum atomic E-state index is -0.153. The van der Waals surface area contributed by atoms with Crippen LogP contribution in [0, 0.1) is 5.41 Å². The van der Waals surface area contributed by atoms with Crippen LogP contribution in [-0.4, -0.2) is 4.98 Å². The first kappa shape index (κ1) is 12.6. The molecule has 0 amide bonds. The van der Waals surface area contributed by atoms with Crippen LogP contribution in [0.2, 0.25) is 0 Å². The summed E-state index contributed by atoms with van der Waals surface area (Å²) in [4.78, 5) is 4.37. The van der Waals surface area contributed by atoms with Crippen molar-refractivity contribution >= 4 is 10.9 Å². The quantitative estimate of drug-likeness (QED) is 0.835. The van der Waals surface area contributed by atoms with Crippen LogP contribution < -0.4 is 5.73 Å². The summed E-state index contributed by atoms with van der Waals surface area (Å²) in [6.45, 7) is 4.69. The van der Waals surface area contributed by atoms with Gasteiger partial charge in [-0.3, -0.25) is 4.98 Å². The Hall–Kier alpha value is -1.41. The maximum atomic E-state index is 6.67. The fourth-order valence-corrected chi connectivity index (χ4v) is 3.05. The Morgan fingerprint density at radius 3 is 2.53 bits per heavy atom. The summed E-state index contributed by atoms with van der Waals surface area (Å²) < 4.78 is 0. The molecule has 2 N–H and O–H groups in total. The van der Waals surface area contributed by atoms with E-state index in [0.29, 0.717) is 5.41 Å². The molecule has 1 aliphatic rings. The van der Waals surface area contributed by atoms with Crippen LogP contribution in [-0.2, 0) is 5.54 Å². The number of fused-ring (bicyclic) bond motifs is 1. The molecule has 0 radical (unpaired) electrons. The summed E-state index contributed by atoms with van der Waals surface area (Å²) in [5.41, 5.74) is 9.28. The summed E-state index contributed by atoms with van der Waals surface area (Å²) in [5.74, 6) is 0. The number of benzene rings is 1. The van der Waals surface area contributed by atoms with Crippen LogP contribution in [0.4, 0.5) is 0 Å². The largest absolute Gasteiger partial charge is 0.321 e. The highest BCUT2D eigenvalue weighted by Gasteiger charge is 2.36. The number of hydrogen-bond donors (Lipinski definition) is 1. The molecule has 0 saturated heterocycles. The van der Waals surface area contributed by atoms with Crippen LogP contribution >= 0.6 is 0 Å². The van der Waals surface area contributed by atoms with Gasteiger partial charge in [0, 0.05) is 17.1 Å². The van der Waals surface area contributed by atoms with E-state index in [0.717, 1.165) is 18.4 Å². The van der Waals surface area contributed by atoms with Crippen molar-refractivity contribution in [3.05, 3.63) is 42.1 Å². The molecular weight excluding hydrogens is 232 g/mol. The molecule has 0 bridgehead atoms. The van der Waals surface area contributed by atoms with Gasteiger partial charge in [-0.1, -0.05) is 26.0 Å². The molecule has 0 atom stereocenters. The number of nitrogens with zero attached hydrogens (tertiary/aromatic N) is 1. The van der Waals surface area contributed by atoms with Crippen molar-refractivity contribution < 1.29 is 0 Å². The van der Waals surface area contributed by atoms with Gasteiger partial charge in [0.15, 0.2) is 0 Å². The number of hydrogen-bond acceptors (Lipinski definition) is 2. The van der Waals surface area contributed by atoms with Gasteiger partial charge in [0.1, 0.15) is 0 Å². The molecule has 1 saturated carbocycles. The van der Waals surface area contributed by atoms with Gasteiger partial charge in [-0.15, -0.1) is 0 Å². The lowest BCUT2D eigenvalue weighted by atomic mass is 9.67. The van der Waals surface area contributed by atoms with Gasteiger partial charge in [0.25, 0.3) is 0 Å². The standard InChI is InChI=1S/C17H22N2/c1-16(2)7-9-17(18,10-8-16)14-5-6-15-13(12-14)4-3-11-19-15/h3-6,11-12H,7-10,18H2,1-2H3. The lowest BCUT2D eigenvalue weighted by Gasteiger charge is -2.41. The zero-order valence-corrected chi connectivity index (χ0v) is 11.8.